The molecule has 2 rings (SSSR count). The van der Waals surface area contributed by atoms with Crippen molar-refractivity contribution in [3.8, 4) is 0 Å². The Labute approximate surface area is 125 Å². The zero-order chi connectivity index (χ0) is 14.9. The molecular weight excluding hydrogens is 270 g/mol. The lowest BCUT2D eigenvalue weighted by molar-refractivity contribution is 0.0947. The van der Waals surface area contributed by atoms with E-state index in [1.54, 1.807) is 13.2 Å². The third-order valence-electron chi connectivity index (χ3n) is 3.38. The first-order chi connectivity index (χ1) is 10.3. The maximum atomic E-state index is 11.9. The van der Waals surface area contributed by atoms with Gasteiger partial charge in [-0.25, -0.2) is 0 Å². The molecule has 1 saturated heterocycles. The Balaban J connectivity index is 1.72. The molecule has 0 unspecified atom stereocenters. The molecule has 1 aliphatic heterocycles. The standard InChI is InChI=1S/C14H23N5O2/c1-21-11-8-15-6-7-16-14(20)12-4-5-13(18-17-12)19-9-2-3-10-19/h4-5,15H,2-3,6-11H2,1H3,(H,16,20). The van der Waals surface area contributed by atoms with Crippen LogP contribution in [0.3, 0.4) is 0 Å². The van der Waals surface area contributed by atoms with Crippen LogP contribution in [0.2, 0.25) is 0 Å². The van der Waals surface area contributed by atoms with Crippen molar-refractivity contribution in [2.75, 3.05) is 51.3 Å². The second-order valence-electron chi connectivity index (χ2n) is 4.97. The molecule has 7 heteroatoms. The summed E-state index contributed by atoms with van der Waals surface area (Å²) in [6, 6.07) is 3.60. The quantitative estimate of drug-likeness (QED) is 0.659. The van der Waals surface area contributed by atoms with Crippen LogP contribution in [0, 0.1) is 0 Å². The summed E-state index contributed by atoms with van der Waals surface area (Å²) in [4.78, 5) is 14.1. The summed E-state index contributed by atoms with van der Waals surface area (Å²) in [6.45, 7) is 4.74. The van der Waals surface area contributed by atoms with Gasteiger partial charge < -0.3 is 20.3 Å². The van der Waals surface area contributed by atoms with E-state index in [-0.39, 0.29) is 5.91 Å². The van der Waals surface area contributed by atoms with Crippen LogP contribution < -0.4 is 15.5 Å². The fraction of sp³-hybridized carbons (Fsp3) is 0.643. The summed E-state index contributed by atoms with van der Waals surface area (Å²) in [7, 11) is 1.66. The maximum absolute atomic E-state index is 11.9. The van der Waals surface area contributed by atoms with Gasteiger partial charge in [-0.2, -0.15) is 0 Å². The van der Waals surface area contributed by atoms with Crippen molar-refractivity contribution < 1.29 is 9.53 Å². The Kier molecular flexibility index (Phi) is 6.36. The van der Waals surface area contributed by atoms with Crippen molar-refractivity contribution in [2.24, 2.45) is 0 Å². The van der Waals surface area contributed by atoms with E-state index in [1.165, 1.54) is 12.8 Å². The van der Waals surface area contributed by atoms with Gasteiger partial charge in [-0.1, -0.05) is 0 Å². The number of rotatable bonds is 8. The number of nitrogens with zero attached hydrogens (tertiary/aromatic N) is 3. The first-order valence-electron chi connectivity index (χ1n) is 7.38. The summed E-state index contributed by atoms with van der Waals surface area (Å²) < 4.78 is 4.92. The Morgan fingerprint density at radius 2 is 2.05 bits per heavy atom. The van der Waals surface area contributed by atoms with E-state index in [2.05, 4.69) is 25.7 Å². The van der Waals surface area contributed by atoms with Crippen molar-refractivity contribution in [1.29, 1.82) is 0 Å². The van der Waals surface area contributed by atoms with E-state index in [9.17, 15) is 4.79 Å². The highest BCUT2D eigenvalue weighted by molar-refractivity contribution is 5.92. The fourth-order valence-electron chi connectivity index (χ4n) is 2.22. The van der Waals surface area contributed by atoms with Crippen molar-refractivity contribution in [3.05, 3.63) is 17.8 Å². The number of nitrogens with one attached hydrogen (secondary N) is 2. The maximum Gasteiger partial charge on any atom is 0.271 e. The highest BCUT2D eigenvalue weighted by atomic mass is 16.5. The van der Waals surface area contributed by atoms with Crippen LogP contribution in [0.25, 0.3) is 0 Å². The minimum atomic E-state index is -0.191. The molecule has 0 bridgehead atoms. The molecule has 1 aliphatic rings. The summed E-state index contributed by atoms with van der Waals surface area (Å²) in [5.41, 5.74) is 0.356. The molecule has 116 valence electrons. The van der Waals surface area contributed by atoms with Crippen LogP contribution in [-0.2, 0) is 4.74 Å². The van der Waals surface area contributed by atoms with Gasteiger partial charge in [-0.3, -0.25) is 4.79 Å². The molecule has 0 spiro atoms. The second-order valence-corrected chi connectivity index (χ2v) is 4.97. The van der Waals surface area contributed by atoms with Gasteiger partial charge in [0, 0.05) is 39.8 Å². The number of carbonyl (C=O) groups excluding carboxylic acids is 1. The first kappa shape index (κ1) is 15.7. The second kappa shape index (κ2) is 8.53. The Morgan fingerprint density at radius 1 is 1.24 bits per heavy atom. The molecule has 1 aromatic rings. The number of methoxy groups -OCH3 is 1. The molecule has 1 fully saturated rings. The van der Waals surface area contributed by atoms with E-state index in [0.717, 1.165) is 25.5 Å². The van der Waals surface area contributed by atoms with Crippen LogP contribution >= 0.6 is 0 Å². The fourth-order valence-corrected chi connectivity index (χ4v) is 2.22. The molecule has 1 amide bonds. The third-order valence-corrected chi connectivity index (χ3v) is 3.38. The van der Waals surface area contributed by atoms with Gasteiger partial charge in [-0.15, -0.1) is 10.2 Å². The average Bonchev–Trinajstić information content (AvgIpc) is 3.05. The van der Waals surface area contributed by atoms with E-state index in [1.807, 2.05) is 6.07 Å². The predicted octanol–water partition coefficient (Wildman–Crippen LogP) is 0.0426. The molecule has 2 heterocycles. The van der Waals surface area contributed by atoms with Crippen molar-refractivity contribution in [1.82, 2.24) is 20.8 Å². The Bertz CT molecular complexity index is 431. The zero-order valence-corrected chi connectivity index (χ0v) is 12.5. The molecule has 0 atom stereocenters. The Morgan fingerprint density at radius 3 is 2.71 bits per heavy atom. The minimum absolute atomic E-state index is 0.191. The molecule has 1 aromatic heterocycles. The van der Waals surface area contributed by atoms with Crippen LogP contribution in [0.5, 0.6) is 0 Å². The van der Waals surface area contributed by atoms with Gasteiger partial charge in [0.1, 0.15) is 0 Å². The van der Waals surface area contributed by atoms with E-state index < -0.39 is 0 Å². The predicted molar refractivity (Wildman–Crippen MR) is 80.6 cm³/mol. The summed E-state index contributed by atoms with van der Waals surface area (Å²) >= 11 is 0. The zero-order valence-electron chi connectivity index (χ0n) is 12.5. The van der Waals surface area contributed by atoms with Gasteiger partial charge in [0.05, 0.1) is 6.61 Å². The van der Waals surface area contributed by atoms with Crippen LogP contribution in [0.15, 0.2) is 12.1 Å². The largest absolute Gasteiger partial charge is 0.383 e. The lowest BCUT2D eigenvalue weighted by Gasteiger charge is -2.15. The number of hydrogen-bond donors (Lipinski definition) is 2. The smallest absolute Gasteiger partial charge is 0.271 e. The number of anilines is 1. The van der Waals surface area contributed by atoms with Crippen molar-refractivity contribution in [3.63, 3.8) is 0 Å². The SMILES string of the molecule is COCCNCCNC(=O)c1ccc(N2CCCC2)nn1. The topological polar surface area (TPSA) is 79.4 Å². The van der Waals surface area contributed by atoms with Gasteiger partial charge >= 0.3 is 0 Å². The van der Waals surface area contributed by atoms with Crippen molar-refractivity contribution >= 4 is 11.7 Å². The summed E-state index contributed by atoms with van der Waals surface area (Å²) in [5, 5.41) is 14.1. The Hall–Kier alpha value is -1.73. The highest BCUT2D eigenvalue weighted by Crippen LogP contribution is 2.16. The summed E-state index contributed by atoms with van der Waals surface area (Å²) in [5.74, 6) is 0.661. The monoisotopic (exact) mass is 293 g/mol. The molecule has 7 nitrogen and oxygen atoms in total. The molecular formula is C14H23N5O2. The third kappa shape index (κ3) is 4.95. The average molecular weight is 293 g/mol. The van der Waals surface area contributed by atoms with Crippen LogP contribution in [0.4, 0.5) is 5.82 Å². The minimum Gasteiger partial charge on any atom is -0.383 e. The molecule has 0 saturated carbocycles. The molecule has 2 N–H and O–H groups in total. The van der Waals surface area contributed by atoms with E-state index >= 15 is 0 Å². The van der Waals surface area contributed by atoms with Crippen LogP contribution in [0.1, 0.15) is 23.3 Å². The number of aromatic nitrogens is 2. The normalized spacial score (nSPS) is 14.4. The van der Waals surface area contributed by atoms with Gasteiger partial charge in [-0.05, 0) is 25.0 Å². The number of carbonyl (C=O) groups is 1. The van der Waals surface area contributed by atoms with Gasteiger partial charge in [0.2, 0.25) is 0 Å². The van der Waals surface area contributed by atoms with Gasteiger partial charge in [0.25, 0.3) is 5.91 Å². The highest BCUT2D eigenvalue weighted by Gasteiger charge is 2.15. The van der Waals surface area contributed by atoms with Gasteiger partial charge in [0.15, 0.2) is 11.5 Å². The molecule has 0 aromatic carbocycles. The van der Waals surface area contributed by atoms with E-state index in [0.29, 0.717) is 25.4 Å². The molecule has 0 aliphatic carbocycles. The van der Waals surface area contributed by atoms with Crippen LogP contribution in [-0.4, -0.2) is 62.5 Å². The number of ether oxygens (including phenoxy) is 1. The van der Waals surface area contributed by atoms with Crippen molar-refractivity contribution in [2.45, 2.75) is 12.8 Å². The molecule has 0 radical (unpaired) electrons. The number of amides is 1. The molecule has 21 heavy (non-hydrogen) atoms. The number of hydrogen-bond acceptors (Lipinski definition) is 6. The lowest BCUT2D eigenvalue weighted by Crippen LogP contribution is -2.33. The summed E-state index contributed by atoms with van der Waals surface area (Å²) in [6.07, 6.45) is 2.39. The first-order valence-corrected chi connectivity index (χ1v) is 7.38. The lowest BCUT2D eigenvalue weighted by atomic mass is 10.3. The van der Waals surface area contributed by atoms with E-state index in [4.69, 9.17) is 4.74 Å².